The second-order valence-electron chi connectivity index (χ2n) is 3.83. The van der Waals surface area contributed by atoms with Crippen LogP contribution in [0.5, 0.6) is 0 Å². The first kappa shape index (κ1) is 10.6. The molecular weight excluding hydrogens is 212 g/mol. The fraction of sp³-hybridized carbons (Fsp3) is 0.600. The van der Waals surface area contributed by atoms with E-state index in [1.165, 1.54) is 12.8 Å². The average Bonchev–Trinajstić information content (AvgIpc) is 2.30. The van der Waals surface area contributed by atoms with Gasteiger partial charge in [-0.1, -0.05) is 11.6 Å². The summed E-state index contributed by atoms with van der Waals surface area (Å²) in [4.78, 5) is 2.16. The van der Waals surface area contributed by atoms with Gasteiger partial charge in [0, 0.05) is 19.6 Å². The highest BCUT2D eigenvalue weighted by molar-refractivity contribution is 6.29. The number of likely N-dealkylation sites (N-methyl/N-ethyl adjacent to an activating group) is 1. The van der Waals surface area contributed by atoms with Crippen LogP contribution in [0.3, 0.4) is 0 Å². The molecule has 1 aliphatic heterocycles. The summed E-state index contributed by atoms with van der Waals surface area (Å²) >= 11 is 5.70. The van der Waals surface area contributed by atoms with E-state index in [9.17, 15) is 0 Å². The number of rotatable bonds is 2. The number of anilines is 1. The Morgan fingerprint density at radius 3 is 2.93 bits per heavy atom. The Kier molecular flexibility index (Phi) is 3.38. The van der Waals surface area contributed by atoms with Crippen molar-refractivity contribution in [3.8, 4) is 0 Å². The summed E-state index contributed by atoms with van der Waals surface area (Å²) in [7, 11) is 2.05. The molecule has 1 atom stereocenters. The highest BCUT2D eigenvalue weighted by atomic mass is 35.5. The molecule has 0 bridgehead atoms. The van der Waals surface area contributed by atoms with Crippen LogP contribution < -0.4 is 10.2 Å². The number of halogens is 1. The molecule has 1 aromatic heterocycles. The molecule has 1 saturated heterocycles. The Hall–Kier alpha value is -0.870. The van der Waals surface area contributed by atoms with Crippen molar-refractivity contribution in [1.29, 1.82) is 0 Å². The molecule has 0 spiro atoms. The number of nitrogens with zero attached hydrogens (tertiary/aromatic N) is 3. The molecule has 5 heteroatoms. The van der Waals surface area contributed by atoms with E-state index in [0.717, 1.165) is 18.9 Å². The van der Waals surface area contributed by atoms with Gasteiger partial charge in [0.25, 0.3) is 0 Å². The monoisotopic (exact) mass is 226 g/mol. The van der Waals surface area contributed by atoms with Gasteiger partial charge < -0.3 is 10.2 Å². The van der Waals surface area contributed by atoms with Crippen molar-refractivity contribution in [3.63, 3.8) is 0 Å². The molecule has 1 aromatic rings. The van der Waals surface area contributed by atoms with Gasteiger partial charge in [-0.3, -0.25) is 0 Å². The van der Waals surface area contributed by atoms with E-state index in [1.807, 2.05) is 6.07 Å². The molecule has 4 nitrogen and oxygen atoms in total. The first-order valence-electron chi connectivity index (χ1n) is 5.20. The summed E-state index contributed by atoms with van der Waals surface area (Å²) in [6.07, 6.45) is 2.42. The van der Waals surface area contributed by atoms with Crippen molar-refractivity contribution in [2.24, 2.45) is 0 Å². The van der Waals surface area contributed by atoms with Crippen molar-refractivity contribution < 1.29 is 0 Å². The first-order valence-corrected chi connectivity index (χ1v) is 5.58. The van der Waals surface area contributed by atoms with E-state index < -0.39 is 0 Å². The normalized spacial score (nSPS) is 21.3. The number of hydrogen-bond acceptors (Lipinski definition) is 4. The molecular formula is C10H15ClN4. The molecule has 0 radical (unpaired) electrons. The predicted octanol–water partition coefficient (Wildman–Crippen LogP) is 1.32. The lowest BCUT2D eigenvalue weighted by atomic mass is 10.1. The minimum atomic E-state index is 0.439. The quantitative estimate of drug-likeness (QED) is 0.826. The maximum absolute atomic E-state index is 5.70. The van der Waals surface area contributed by atoms with Crippen molar-refractivity contribution in [2.75, 3.05) is 25.0 Å². The Morgan fingerprint density at radius 1 is 1.47 bits per heavy atom. The van der Waals surface area contributed by atoms with Crippen LogP contribution in [0.1, 0.15) is 12.8 Å². The highest BCUT2D eigenvalue weighted by Gasteiger charge is 2.18. The third-order valence-corrected chi connectivity index (χ3v) is 3.00. The largest absolute Gasteiger partial charge is 0.354 e. The van der Waals surface area contributed by atoms with Gasteiger partial charge in [-0.15, -0.1) is 10.2 Å². The van der Waals surface area contributed by atoms with E-state index in [2.05, 4.69) is 27.5 Å². The van der Waals surface area contributed by atoms with Gasteiger partial charge >= 0.3 is 0 Å². The van der Waals surface area contributed by atoms with Gasteiger partial charge in [-0.05, 0) is 31.5 Å². The summed E-state index contributed by atoms with van der Waals surface area (Å²) in [5, 5.41) is 11.7. The summed E-state index contributed by atoms with van der Waals surface area (Å²) < 4.78 is 0. The van der Waals surface area contributed by atoms with Crippen LogP contribution in [0, 0.1) is 0 Å². The summed E-state index contributed by atoms with van der Waals surface area (Å²) in [6.45, 7) is 2.14. The Morgan fingerprint density at radius 2 is 2.33 bits per heavy atom. The Labute approximate surface area is 94.6 Å². The van der Waals surface area contributed by atoms with E-state index in [-0.39, 0.29) is 0 Å². The molecule has 0 amide bonds. The van der Waals surface area contributed by atoms with Gasteiger partial charge in [0.1, 0.15) is 0 Å². The zero-order valence-electron chi connectivity index (χ0n) is 8.78. The molecule has 0 aliphatic carbocycles. The van der Waals surface area contributed by atoms with Gasteiger partial charge in [0.15, 0.2) is 11.0 Å². The van der Waals surface area contributed by atoms with Crippen LogP contribution in [0.4, 0.5) is 5.82 Å². The van der Waals surface area contributed by atoms with Crippen LogP contribution in [-0.2, 0) is 0 Å². The van der Waals surface area contributed by atoms with E-state index in [1.54, 1.807) is 6.07 Å². The minimum Gasteiger partial charge on any atom is -0.354 e. The van der Waals surface area contributed by atoms with E-state index in [4.69, 9.17) is 11.6 Å². The van der Waals surface area contributed by atoms with Crippen LogP contribution in [0.15, 0.2) is 12.1 Å². The van der Waals surface area contributed by atoms with Gasteiger partial charge in [-0.2, -0.15) is 0 Å². The Balaban J connectivity index is 2.05. The minimum absolute atomic E-state index is 0.439. The van der Waals surface area contributed by atoms with Gasteiger partial charge in [-0.25, -0.2) is 0 Å². The second kappa shape index (κ2) is 4.77. The molecule has 2 heterocycles. The van der Waals surface area contributed by atoms with Crippen molar-refractivity contribution in [3.05, 3.63) is 17.3 Å². The number of nitrogens with one attached hydrogen (secondary N) is 1. The lowest BCUT2D eigenvalue weighted by Crippen LogP contribution is -2.44. The number of hydrogen-bond donors (Lipinski definition) is 1. The summed E-state index contributed by atoms with van der Waals surface area (Å²) in [5.74, 6) is 0.883. The molecule has 1 N–H and O–H groups in total. The lowest BCUT2D eigenvalue weighted by molar-refractivity contribution is 0.442. The predicted molar refractivity (Wildman–Crippen MR) is 61.3 cm³/mol. The van der Waals surface area contributed by atoms with Crippen LogP contribution in [0.25, 0.3) is 0 Å². The van der Waals surface area contributed by atoms with Gasteiger partial charge in [0.05, 0.1) is 0 Å². The lowest BCUT2D eigenvalue weighted by Gasteiger charge is -2.32. The highest BCUT2D eigenvalue weighted by Crippen LogP contribution is 2.16. The zero-order valence-corrected chi connectivity index (χ0v) is 9.54. The van der Waals surface area contributed by atoms with Gasteiger partial charge in [0.2, 0.25) is 0 Å². The fourth-order valence-electron chi connectivity index (χ4n) is 1.85. The molecule has 1 aliphatic rings. The molecule has 0 aromatic carbocycles. The molecule has 0 unspecified atom stereocenters. The van der Waals surface area contributed by atoms with Crippen molar-refractivity contribution in [2.45, 2.75) is 18.9 Å². The van der Waals surface area contributed by atoms with Crippen LogP contribution in [-0.4, -0.2) is 36.4 Å². The van der Waals surface area contributed by atoms with Crippen LogP contribution in [0.2, 0.25) is 5.15 Å². The Bertz CT molecular complexity index is 308. The van der Waals surface area contributed by atoms with E-state index >= 15 is 0 Å². The first-order chi connectivity index (χ1) is 7.27. The molecule has 1 fully saturated rings. The maximum Gasteiger partial charge on any atom is 0.151 e. The third kappa shape index (κ3) is 2.58. The summed E-state index contributed by atoms with van der Waals surface area (Å²) in [5.41, 5.74) is 0. The van der Waals surface area contributed by atoms with E-state index in [0.29, 0.717) is 11.2 Å². The number of aromatic nitrogens is 2. The summed E-state index contributed by atoms with van der Waals surface area (Å²) in [6, 6.07) is 4.19. The van der Waals surface area contributed by atoms with Crippen molar-refractivity contribution in [1.82, 2.24) is 15.5 Å². The fourth-order valence-corrected chi connectivity index (χ4v) is 1.95. The van der Waals surface area contributed by atoms with Crippen molar-refractivity contribution >= 4 is 17.4 Å². The zero-order chi connectivity index (χ0) is 10.7. The second-order valence-corrected chi connectivity index (χ2v) is 4.21. The number of piperidine rings is 1. The average molecular weight is 227 g/mol. The molecule has 2 rings (SSSR count). The third-order valence-electron chi connectivity index (χ3n) is 2.80. The molecule has 0 saturated carbocycles. The maximum atomic E-state index is 5.70. The SMILES string of the molecule is CN(c1ccc(Cl)nn1)[C@H]1CCCNC1. The topological polar surface area (TPSA) is 41.1 Å². The standard InChI is InChI=1S/C10H15ClN4/c1-15(8-3-2-6-12-7-8)10-5-4-9(11)13-14-10/h4-5,8,12H,2-3,6-7H2,1H3/t8-/m0/s1. The smallest absolute Gasteiger partial charge is 0.151 e. The molecule has 15 heavy (non-hydrogen) atoms. The van der Waals surface area contributed by atoms with Crippen LogP contribution >= 0.6 is 11.6 Å². The molecule has 82 valence electrons.